The number of aryl methyl sites for hydroxylation is 2. The van der Waals surface area contributed by atoms with Crippen LogP contribution >= 0.6 is 0 Å². The number of nitrogens with one attached hydrogen (secondary N) is 1. The number of piperidine rings is 1. The summed E-state index contributed by atoms with van der Waals surface area (Å²) in [5.74, 6) is -0.889. The maximum Gasteiger partial charge on any atom is 0.410 e. The molecule has 0 saturated carbocycles. The maximum absolute atomic E-state index is 14.6. The van der Waals surface area contributed by atoms with Gasteiger partial charge in [0.25, 0.3) is 5.91 Å². The van der Waals surface area contributed by atoms with Crippen LogP contribution in [0, 0.1) is 12.7 Å². The SMILES string of the molecule is CCN(c1ccc(C(=O)Nc2cc(F)c3nc(C)cn3c2)c2nn(C)cc12)C1CCN(C(=O)OC(C)(C)C)CC1. The molecule has 1 aliphatic rings. The second-order valence-electron chi connectivity index (χ2n) is 11.3. The van der Waals surface area contributed by atoms with Crippen molar-refractivity contribution in [2.45, 2.75) is 59.1 Å². The van der Waals surface area contributed by atoms with Gasteiger partial charge in [-0.1, -0.05) is 0 Å². The Hall–Kier alpha value is -4.15. The van der Waals surface area contributed by atoms with Crippen LogP contribution in [0.1, 0.15) is 56.6 Å². The number of hydrogen-bond donors (Lipinski definition) is 1. The third kappa shape index (κ3) is 5.45. The number of rotatable bonds is 5. The highest BCUT2D eigenvalue weighted by atomic mass is 19.1. The van der Waals surface area contributed by atoms with Crippen LogP contribution in [0.25, 0.3) is 16.6 Å². The number of benzene rings is 1. The normalized spacial score (nSPS) is 14.6. The molecule has 0 unspecified atom stereocenters. The van der Waals surface area contributed by atoms with Crippen LogP contribution in [-0.4, -0.2) is 67.3 Å². The highest BCUT2D eigenvalue weighted by Gasteiger charge is 2.30. The molecule has 0 radical (unpaired) electrons. The van der Waals surface area contributed by atoms with E-state index >= 15 is 0 Å². The Balaban J connectivity index is 1.37. The Labute approximate surface area is 232 Å². The van der Waals surface area contributed by atoms with E-state index in [1.165, 1.54) is 6.07 Å². The molecule has 4 heterocycles. The predicted octanol–water partition coefficient (Wildman–Crippen LogP) is 5.15. The van der Waals surface area contributed by atoms with Gasteiger partial charge in [0.1, 0.15) is 11.1 Å². The number of halogens is 1. The van der Waals surface area contributed by atoms with Crippen molar-refractivity contribution in [3.63, 3.8) is 0 Å². The summed E-state index contributed by atoms with van der Waals surface area (Å²) in [6, 6.07) is 5.21. The number of pyridine rings is 1. The summed E-state index contributed by atoms with van der Waals surface area (Å²) in [5, 5.41) is 8.29. The van der Waals surface area contributed by atoms with Crippen molar-refractivity contribution < 1.29 is 18.7 Å². The maximum atomic E-state index is 14.6. The number of carbonyl (C=O) groups excluding carboxylic acids is 2. The zero-order valence-electron chi connectivity index (χ0n) is 23.9. The van der Waals surface area contributed by atoms with E-state index in [2.05, 4.69) is 27.2 Å². The van der Waals surface area contributed by atoms with Gasteiger partial charge in [0, 0.05) is 68.5 Å². The van der Waals surface area contributed by atoms with Gasteiger partial charge in [-0.05, 0) is 59.6 Å². The van der Waals surface area contributed by atoms with E-state index in [1.54, 1.807) is 39.4 Å². The van der Waals surface area contributed by atoms with E-state index in [0.29, 0.717) is 35.6 Å². The van der Waals surface area contributed by atoms with Gasteiger partial charge in [0.05, 0.1) is 16.9 Å². The van der Waals surface area contributed by atoms with E-state index in [1.807, 2.05) is 40.1 Å². The van der Waals surface area contributed by atoms with E-state index in [-0.39, 0.29) is 23.7 Å². The molecule has 5 rings (SSSR count). The van der Waals surface area contributed by atoms with Crippen molar-refractivity contribution in [3.8, 4) is 0 Å². The van der Waals surface area contributed by atoms with Gasteiger partial charge >= 0.3 is 6.09 Å². The Bertz CT molecular complexity index is 1580. The topological polar surface area (TPSA) is 97.0 Å². The van der Waals surface area contributed by atoms with Crippen molar-refractivity contribution in [3.05, 3.63) is 53.9 Å². The highest BCUT2D eigenvalue weighted by molar-refractivity contribution is 6.13. The first-order valence-electron chi connectivity index (χ1n) is 13.6. The fraction of sp³-hybridized carbons (Fsp3) is 0.448. The molecule has 0 bridgehead atoms. The first kappa shape index (κ1) is 27.4. The number of hydrogen-bond acceptors (Lipinski definition) is 6. The summed E-state index contributed by atoms with van der Waals surface area (Å²) in [6.45, 7) is 11.5. The summed E-state index contributed by atoms with van der Waals surface area (Å²) in [5.41, 5.74) is 2.65. The molecule has 4 aromatic rings. The average molecular weight is 550 g/mol. The van der Waals surface area contributed by atoms with Gasteiger partial charge in [-0.3, -0.25) is 9.48 Å². The quantitative estimate of drug-likeness (QED) is 0.370. The highest BCUT2D eigenvalue weighted by Crippen LogP contribution is 2.33. The number of nitrogens with zero attached hydrogens (tertiary/aromatic N) is 6. The monoisotopic (exact) mass is 549 g/mol. The second kappa shape index (κ2) is 10.4. The van der Waals surface area contributed by atoms with Gasteiger partial charge in [-0.2, -0.15) is 5.10 Å². The van der Waals surface area contributed by atoms with Gasteiger partial charge in [-0.15, -0.1) is 0 Å². The average Bonchev–Trinajstić information content (AvgIpc) is 3.45. The van der Waals surface area contributed by atoms with Gasteiger partial charge < -0.3 is 24.3 Å². The van der Waals surface area contributed by atoms with E-state index < -0.39 is 11.4 Å². The fourth-order valence-corrected chi connectivity index (χ4v) is 5.40. The van der Waals surface area contributed by atoms with Crippen LogP contribution in [0.15, 0.2) is 36.8 Å². The van der Waals surface area contributed by atoms with E-state index in [0.717, 1.165) is 30.5 Å². The molecule has 2 amide bonds. The van der Waals surface area contributed by atoms with Crippen molar-refractivity contribution in [2.24, 2.45) is 7.05 Å². The van der Waals surface area contributed by atoms with Gasteiger partial charge in [-0.25, -0.2) is 14.2 Å². The molecule has 1 aromatic carbocycles. The molecular formula is C29H36FN7O3. The van der Waals surface area contributed by atoms with E-state index in [4.69, 9.17) is 4.74 Å². The number of fused-ring (bicyclic) bond motifs is 2. The Kier molecular flexibility index (Phi) is 7.16. The van der Waals surface area contributed by atoms with Crippen LogP contribution in [0.3, 0.4) is 0 Å². The molecule has 1 fully saturated rings. The number of carbonyl (C=O) groups is 2. The van der Waals surface area contributed by atoms with Crippen molar-refractivity contribution in [2.75, 3.05) is 29.9 Å². The minimum Gasteiger partial charge on any atom is -0.444 e. The molecule has 0 atom stereocenters. The van der Waals surface area contributed by atoms with Crippen molar-refractivity contribution >= 4 is 39.9 Å². The number of amides is 2. The molecule has 1 aliphatic heterocycles. The van der Waals surface area contributed by atoms with Crippen molar-refractivity contribution in [1.82, 2.24) is 24.1 Å². The third-order valence-electron chi connectivity index (χ3n) is 7.10. The third-order valence-corrected chi connectivity index (χ3v) is 7.10. The molecule has 212 valence electrons. The molecule has 0 spiro atoms. The Morgan fingerprint density at radius 1 is 1.18 bits per heavy atom. The molecule has 40 heavy (non-hydrogen) atoms. The summed E-state index contributed by atoms with van der Waals surface area (Å²) in [6.07, 6.45) is 6.60. The lowest BCUT2D eigenvalue weighted by atomic mass is 10.0. The molecule has 11 heteroatoms. The van der Waals surface area contributed by atoms with Crippen molar-refractivity contribution in [1.29, 1.82) is 0 Å². The van der Waals surface area contributed by atoms with E-state index in [9.17, 15) is 14.0 Å². The molecule has 10 nitrogen and oxygen atoms in total. The number of aromatic nitrogens is 4. The predicted molar refractivity (Wildman–Crippen MR) is 152 cm³/mol. The van der Waals surface area contributed by atoms with Gasteiger partial charge in [0.15, 0.2) is 11.5 Å². The Morgan fingerprint density at radius 2 is 1.90 bits per heavy atom. The second-order valence-corrected chi connectivity index (χ2v) is 11.3. The minimum absolute atomic E-state index is 0.212. The van der Waals surface area contributed by atoms with Crippen LogP contribution in [0.5, 0.6) is 0 Å². The molecular weight excluding hydrogens is 513 g/mol. The lowest BCUT2D eigenvalue weighted by Crippen LogP contribution is -2.48. The summed E-state index contributed by atoms with van der Waals surface area (Å²) < 4.78 is 23.4. The van der Waals surface area contributed by atoms with Crippen LogP contribution < -0.4 is 10.2 Å². The summed E-state index contributed by atoms with van der Waals surface area (Å²) >= 11 is 0. The number of likely N-dealkylation sites (tertiary alicyclic amines) is 1. The lowest BCUT2D eigenvalue weighted by Gasteiger charge is -2.39. The molecule has 1 saturated heterocycles. The molecule has 3 aromatic heterocycles. The number of anilines is 2. The largest absolute Gasteiger partial charge is 0.444 e. The standard InChI is InChI=1S/C29H36FN7O3/c1-7-37(20-10-12-35(13-11-20)28(39)40-29(3,4)5)24-9-8-21(25-22(24)17-34(6)33-25)27(38)32-19-14-23(30)26-31-18(2)15-36(26)16-19/h8-9,14-17,20H,7,10-13H2,1-6H3,(H,32,38). The zero-order valence-corrected chi connectivity index (χ0v) is 23.9. The van der Waals surface area contributed by atoms with Crippen LogP contribution in [-0.2, 0) is 11.8 Å². The minimum atomic E-state index is -0.525. The first-order valence-corrected chi connectivity index (χ1v) is 13.6. The summed E-state index contributed by atoms with van der Waals surface area (Å²) in [4.78, 5) is 34.2. The number of ether oxygens (including phenoxy) is 1. The zero-order chi connectivity index (χ0) is 28.8. The lowest BCUT2D eigenvalue weighted by molar-refractivity contribution is 0.0205. The molecule has 0 aliphatic carbocycles. The smallest absolute Gasteiger partial charge is 0.410 e. The van der Waals surface area contributed by atoms with Crippen LogP contribution in [0.4, 0.5) is 20.6 Å². The first-order chi connectivity index (χ1) is 18.9. The van der Waals surface area contributed by atoms with Crippen LogP contribution in [0.2, 0.25) is 0 Å². The van der Waals surface area contributed by atoms with Gasteiger partial charge in [0.2, 0.25) is 0 Å². The Morgan fingerprint density at radius 3 is 2.58 bits per heavy atom. The molecule has 1 N–H and O–H groups in total. The summed E-state index contributed by atoms with van der Waals surface area (Å²) in [7, 11) is 1.83. The number of imidazole rings is 1. The fourth-order valence-electron chi connectivity index (χ4n) is 5.40.